The van der Waals surface area contributed by atoms with E-state index in [0.29, 0.717) is 0 Å². The van der Waals surface area contributed by atoms with Crippen LogP contribution in [0.4, 0.5) is 0 Å². The molecule has 2 nitrogen and oxygen atoms in total. The van der Waals surface area contributed by atoms with Crippen molar-refractivity contribution in [1.82, 2.24) is 0 Å². The Bertz CT molecular complexity index is 1140. The zero-order valence-electron chi connectivity index (χ0n) is 12.8. The van der Waals surface area contributed by atoms with Crippen LogP contribution in [0.2, 0.25) is 0 Å². The maximum atomic E-state index is 6.39. The second-order valence-electron chi connectivity index (χ2n) is 5.76. The molecular formula is C21H14NOS+. The summed E-state index contributed by atoms with van der Waals surface area (Å²) in [7, 11) is 0. The van der Waals surface area contributed by atoms with Crippen LogP contribution in [0.1, 0.15) is 0 Å². The van der Waals surface area contributed by atoms with E-state index in [1.807, 2.05) is 16.3 Å². The number of hydrogen-bond acceptors (Lipinski definition) is 2. The number of benzene rings is 4. The van der Waals surface area contributed by atoms with Gasteiger partial charge in [-0.1, -0.05) is 72.0 Å². The van der Waals surface area contributed by atoms with Gasteiger partial charge >= 0.3 is 0 Å². The highest BCUT2D eigenvalue weighted by Crippen LogP contribution is 2.34. The molecule has 0 spiro atoms. The standard InChI is InChI=1S/C21H14NOS/c1-3-9-17-15(7-1)13-16-8-2-4-10-18(16)21(17)23-22-14-24-20-12-6-5-11-19(20)22/h1-14H/q+1. The second-order valence-corrected chi connectivity index (χ2v) is 6.64. The molecule has 1 aromatic heterocycles. The molecule has 0 fully saturated rings. The third-order valence-corrected chi connectivity index (χ3v) is 5.19. The number of nitrogens with zero attached hydrogens (tertiary/aromatic N) is 1. The summed E-state index contributed by atoms with van der Waals surface area (Å²) in [5.41, 5.74) is 3.10. The van der Waals surface area contributed by atoms with Gasteiger partial charge in [0.2, 0.25) is 5.75 Å². The Labute approximate surface area is 143 Å². The first-order chi connectivity index (χ1) is 11.9. The monoisotopic (exact) mass is 328 g/mol. The van der Waals surface area contributed by atoms with Crippen molar-refractivity contribution in [1.29, 1.82) is 0 Å². The maximum Gasteiger partial charge on any atom is 0.278 e. The summed E-state index contributed by atoms with van der Waals surface area (Å²) in [4.78, 5) is 6.39. The molecule has 0 aliphatic heterocycles. The van der Waals surface area contributed by atoms with E-state index in [0.717, 1.165) is 22.0 Å². The largest absolute Gasteiger partial charge is 0.278 e. The Balaban J connectivity index is 1.80. The fourth-order valence-corrected chi connectivity index (χ4v) is 3.94. The van der Waals surface area contributed by atoms with Crippen LogP contribution in [0.3, 0.4) is 0 Å². The summed E-state index contributed by atoms with van der Waals surface area (Å²) in [5.74, 6) is 0.900. The summed E-state index contributed by atoms with van der Waals surface area (Å²) in [6.07, 6.45) is 0. The number of fused-ring (bicyclic) bond motifs is 3. The van der Waals surface area contributed by atoms with Crippen LogP contribution in [0.5, 0.6) is 5.75 Å². The summed E-state index contributed by atoms with van der Waals surface area (Å²) in [6, 6.07) is 27.2. The molecule has 0 unspecified atom stereocenters. The molecule has 5 rings (SSSR count). The molecule has 0 saturated carbocycles. The van der Waals surface area contributed by atoms with E-state index in [-0.39, 0.29) is 0 Å². The minimum absolute atomic E-state index is 0.900. The average Bonchev–Trinajstić information content (AvgIpc) is 3.05. The van der Waals surface area contributed by atoms with E-state index in [4.69, 9.17) is 4.84 Å². The SMILES string of the molecule is c1ccc2c(O[n+]3csc4ccccc43)c3ccccc3cc2c1. The van der Waals surface area contributed by atoms with Crippen molar-refractivity contribution in [2.24, 2.45) is 0 Å². The third kappa shape index (κ3) is 2.06. The van der Waals surface area contributed by atoms with Crippen LogP contribution in [-0.2, 0) is 0 Å². The predicted octanol–water partition coefficient (Wildman–Crippen LogP) is 5.34. The lowest BCUT2D eigenvalue weighted by molar-refractivity contribution is -0.850. The van der Waals surface area contributed by atoms with Crippen molar-refractivity contribution < 1.29 is 9.57 Å². The van der Waals surface area contributed by atoms with E-state index in [2.05, 4.69) is 72.8 Å². The van der Waals surface area contributed by atoms with Crippen LogP contribution in [0.15, 0.2) is 84.4 Å². The predicted molar refractivity (Wildman–Crippen MR) is 99.5 cm³/mol. The summed E-state index contributed by atoms with van der Waals surface area (Å²) >= 11 is 1.68. The van der Waals surface area contributed by atoms with Gasteiger partial charge in [-0.15, -0.1) is 0 Å². The summed E-state index contributed by atoms with van der Waals surface area (Å²) < 4.78 is 3.08. The molecule has 24 heavy (non-hydrogen) atoms. The highest BCUT2D eigenvalue weighted by atomic mass is 32.1. The van der Waals surface area contributed by atoms with Crippen LogP contribution >= 0.6 is 11.3 Å². The van der Waals surface area contributed by atoms with Crippen molar-refractivity contribution in [2.45, 2.75) is 0 Å². The smallest absolute Gasteiger partial charge is 0.229 e. The average molecular weight is 328 g/mol. The van der Waals surface area contributed by atoms with Crippen molar-refractivity contribution >= 4 is 43.1 Å². The fourth-order valence-electron chi connectivity index (χ4n) is 3.14. The number of rotatable bonds is 2. The maximum absolute atomic E-state index is 6.39. The molecule has 0 atom stereocenters. The van der Waals surface area contributed by atoms with Gasteiger partial charge in [0.1, 0.15) is 4.70 Å². The first-order valence-electron chi connectivity index (χ1n) is 7.87. The summed E-state index contributed by atoms with van der Waals surface area (Å²) in [6.45, 7) is 0. The number of hydrogen-bond donors (Lipinski definition) is 0. The summed E-state index contributed by atoms with van der Waals surface area (Å²) in [5, 5.41) is 4.62. The highest BCUT2D eigenvalue weighted by Gasteiger charge is 2.18. The third-order valence-electron chi connectivity index (χ3n) is 4.29. The van der Waals surface area contributed by atoms with Gasteiger partial charge in [0.25, 0.3) is 11.0 Å². The van der Waals surface area contributed by atoms with Gasteiger partial charge < -0.3 is 0 Å². The van der Waals surface area contributed by atoms with Crippen LogP contribution in [0, 0.1) is 0 Å². The Kier molecular flexibility index (Phi) is 3.00. The van der Waals surface area contributed by atoms with Gasteiger partial charge in [-0.05, 0) is 22.9 Å². The fraction of sp³-hybridized carbons (Fsp3) is 0. The first kappa shape index (κ1) is 13.5. The van der Waals surface area contributed by atoms with E-state index < -0.39 is 0 Å². The van der Waals surface area contributed by atoms with Gasteiger partial charge in [0, 0.05) is 21.6 Å². The van der Waals surface area contributed by atoms with Crippen molar-refractivity contribution in [3.8, 4) is 5.75 Å². The van der Waals surface area contributed by atoms with Crippen LogP contribution in [0.25, 0.3) is 31.8 Å². The molecule has 3 heteroatoms. The Hall–Kier alpha value is -2.91. The topological polar surface area (TPSA) is 13.1 Å². The molecule has 1 heterocycles. The molecule has 0 bridgehead atoms. The Morgan fingerprint density at radius 3 is 2.08 bits per heavy atom. The van der Waals surface area contributed by atoms with Gasteiger partial charge in [-0.2, -0.15) is 0 Å². The van der Waals surface area contributed by atoms with Crippen molar-refractivity contribution in [3.63, 3.8) is 0 Å². The Morgan fingerprint density at radius 1 is 0.708 bits per heavy atom. The Morgan fingerprint density at radius 2 is 1.33 bits per heavy atom. The minimum atomic E-state index is 0.900. The van der Waals surface area contributed by atoms with Crippen LogP contribution in [-0.4, -0.2) is 0 Å². The zero-order valence-corrected chi connectivity index (χ0v) is 13.7. The lowest BCUT2D eigenvalue weighted by atomic mass is 10.0. The molecule has 0 amide bonds. The molecule has 0 saturated heterocycles. The number of para-hydroxylation sites is 1. The van der Waals surface area contributed by atoms with Crippen molar-refractivity contribution in [2.75, 3.05) is 0 Å². The van der Waals surface area contributed by atoms with Gasteiger partial charge in [0.15, 0.2) is 0 Å². The number of aromatic nitrogens is 1. The van der Waals surface area contributed by atoms with Gasteiger partial charge in [0.05, 0.1) is 0 Å². The molecular weight excluding hydrogens is 314 g/mol. The second kappa shape index (κ2) is 5.32. The van der Waals surface area contributed by atoms with Gasteiger partial charge in [-0.3, -0.25) is 0 Å². The molecule has 0 N–H and O–H groups in total. The normalized spacial score (nSPS) is 11.3. The van der Waals surface area contributed by atoms with E-state index in [1.54, 1.807) is 11.3 Å². The molecule has 0 aliphatic carbocycles. The molecule has 5 aromatic rings. The molecule has 0 aliphatic rings. The van der Waals surface area contributed by atoms with E-state index >= 15 is 0 Å². The van der Waals surface area contributed by atoms with Crippen molar-refractivity contribution in [3.05, 3.63) is 84.4 Å². The van der Waals surface area contributed by atoms with Crippen LogP contribution < -0.4 is 9.57 Å². The molecule has 4 aromatic carbocycles. The van der Waals surface area contributed by atoms with Gasteiger partial charge in [-0.25, -0.2) is 4.84 Å². The highest BCUT2D eigenvalue weighted by molar-refractivity contribution is 7.16. The molecule has 114 valence electrons. The number of thiazole rings is 1. The lowest BCUT2D eigenvalue weighted by Crippen LogP contribution is -2.37. The first-order valence-corrected chi connectivity index (χ1v) is 8.75. The zero-order chi connectivity index (χ0) is 15.9. The van der Waals surface area contributed by atoms with E-state index in [1.165, 1.54) is 15.5 Å². The lowest BCUT2D eigenvalue weighted by Gasteiger charge is -2.07. The molecule has 0 radical (unpaired) electrons. The minimum Gasteiger partial charge on any atom is -0.229 e. The quantitative estimate of drug-likeness (QED) is 0.315. The van der Waals surface area contributed by atoms with E-state index in [9.17, 15) is 0 Å².